The number of aliphatic carboxylic acids is 2. The van der Waals surface area contributed by atoms with Gasteiger partial charge in [-0.1, -0.05) is 48.5 Å². The normalized spacial score (nSPS) is 13.5. The molecule has 0 bridgehead atoms. The number of amides is 3. The van der Waals surface area contributed by atoms with Crippen LogP contribution in [0.5, 0.6) is 0 Å². The number of carboxylic acids is 2. The van der Waals surface area contributed by atoms with Gasteiger partial charge in [-0.25, -0.2) is 4.79 Å². The lowest BCUT2D eigenvalue weighted by atomic mass is 10.0. The summed E-state index contributed by atoms with van der Waals surface area (Å²) < 4.78 is 0. The van der Waals surface area contributed by atoms with E-state index in [1.54, 1.807) is 36.5 Å². The van der Waals surface area contributed by atoms with E-state index < -0.39 is 60.2 Å². The fourth-order valence-corrected chi connectivity index (χ4v) is 4.66. The van der Waals surface area contributed by atoms with Crippen LogP contribution in [0.15, 0.2) is 65.8 Å². The van der Waals surface area contributed by atoms with Gasteiger partial charge in [0.2, 0.25) is 17.7 Å². The topological polar surface area (TPSA) is 268 Å². The molecule has 0 aliphatic rings. The molecule has 3 aromatic rings. The van der Waals surface area contributed by atoms with Crippen LogP contribution in [0.25, 0.3) is 10.9 Å². The van der Waals surface area contributed by atoms with Crippen molar-refractivity contribution in [2.75, 3.05) is 6.54 Å². The average Bonchev–Trinajstić information content (AvgIpc) is 3.40. The molecule has 3 amide bonds. The number of rotatable bonds is 17. The number of benzene rings is 2. The lowest BCUT2D eigenvalue weighted by Crippen LogP contribution is -2.57. The number of carbonyl (C=O) groups excluding carboxylic acids is 3. The third kappa shape index (κ3) is 10.7. The molecule has 0 saturated heterocycles. The Hall–Kier alpha value is -5.44. The number of fused-ring (bicyclic) bond motifs is 1. The molecule has 240 valence electrons. The zero-order valence-corrected chi connectivity index (χ0v) is 24.4. The summed E-state index contributed by atoms with van der Waals surface area (Å²) in [6.45, 7) is 0.127. The zero-order valence-electron chi connectivity index (χ0n) is 24.4. The first kappa shape index (κ1) is 34.1. The number of H-pyrrole nitrogens is 1. The van der Waals surface area contributed by atoms with Crippen LogP contribution in [0.2, 0.25) is 0 Å². The van der Waals surface area contributed by atoms with Crippen molar-refractivity contribution in [1.82, 2.24) is 20.9 Å². The van der Waals surface area contributed by atoms with Gasteiger partial charge in [-0.2, -0.15) is 0 Å². The number of nitrogens with zero attached hydrogens (tertiary/aromatic N) is 1. The summed E-state index contributed by atoms with van der Waals surface area (Å²) in [5, 5.41) is 27.2. The van der Waals surface area contributed by atoms with Crippen LogP contribution < -0.4 is 33.2 Å². The van der Waals surface area contributed by atoms with E-state index in [2.05, 4.69) is 25.9 Å². The van der Waals surface area contributed by atoms with Crippen LogP contribution in [-0.2, 0) is 36.8 Å². The lowest BCUT2D eigenvalue weighted by Gasteiger charge is -2.24. The van der Waals surface area contributed by atoms with Crippen LogP contribution in [0.3, 0.4) is 0 Å². The Balaban J connectivity index is 1.73. The van der Waals surface area contributed by atoms with Gasteiger partial charge in [-0.05, 0) is 36.5 Å². The van der Waals surface area contributed by atoms with Gasteiger partial charge in [0.15, 0.2) is 5.96 Å². The minimum absolute atomic E-state index is 0.0152. The van der Waals surface area contributed by atoms with Crippen LogP contribution in [0.4, 0.5) is 0 Å². The Morgan fingerprint density at radius 3 is 2.09 bits per heavy atom. The molecule has 0 saturated carbocycles. The van der Waals surface area contributed by atoms with Crippen LogP contribution in [0.1, 0.15) is 30.4 Å². The number of nitrogens with one attached hydrogen (secondary N) is 4. The number of carboxylic acid groups (broad SMARTS) is 2. The van der Waals surface area contributed by atoms with Crippen LogP contribution in [0, 0.1) is 0 Å². The molecule has 4 atom stereocenters. The summed E-state index contributed by atoms with van der Waals surface area (Å²) in [5.74, 6) is -5.47. The Bertz CT molecular complexity index is 1520. The third-order valence-corrected chi connectivity index (χ3v) is 6.94. The number of hydrogen-bond acceptors (Lipinski definition) is 7. The van der Waals surface area contributed by atoms with E-state index in [1.807, 2.05) is 24.3 Å². The quantitative estimate of drug-likeness (QED) is 0.0521. The first-order valence-corrected chi connectivity index (χ1v) is 14.2. The number of carbonyl (C=O) groups is 5. The summed E-state index contributed by atoms with van der Waals surface area (Å²) >= 11 is 0. The van der Waals surface area contributed by atoms with E-state index in [0.717, 1.165) is 16.5 Å². The van der Waals surface area contributed by atoms with Gasteiger partial charge >= 0.3 is 11.9 Å². The fraction of sp³-hybridized carbons (Fsp3) is 0.333. The molecule has 4 unspecified atom stereocenters. The summed E-state index contributed by atoms with van der Waals surface area (Å²) in [6, 6.07) is 10.7. The van der Waals surface area contributed by atoms with Gasteiger partial charge in [0.05, 0.1) is 12.5 Å². The van der Waals surface area contributed by atoms with Gasteiger partial charge in [0.25, 0.3) is 0 Å². The van der Waals surface area contributed by atoms with Gasteiger partial charge in [0.1, 0.15) is 18.1 Å². The predicted molar refractivity (Wildman–Crippen MR) is 166 cm³/mol. The summed E-state index contributed by atoms with van der Waals surface area (Å²) in [7, 11) is 0. The molecule has 0 aliphatic heterocycles. The average molecular weight is 623 g/mol. The highest BCUT2D eigenvalue weighted by Crippen LogP contribution is 2.19. The predicted octanol–water partition coefficient (Wildman–Crippen LogP) is -0.652. The van der Waals surface area contributed by atoms with E-state index in [-0.39, 0.29) is 38.2 Å². The Kier molecular flexibility index (Phi) is 12.4. The van der Waals surface area contributed by atoms with E-state index in [0.29, 0.717) is 5.56 Å². The number of nitrogens with two attached hydrogens (primary N) is 3. The van der Waals surface area contributed by atoms with E-state index >= 15 is 0 Å². The van der Waals surface area contributed by atoms with Gasteiger partial charge in [-0.3, -0.25) is 24.2 Å². The Morgan fingerprint density at radius 1 is 0.800 bits per heavy atom. The highest BCUT2D eigenvalue weighted by molar-refractivity contribution is 5.96. The number of para-hydroxylation sites is 1. The van der Waals surface area contributed by atoms with Crippen molar-refractivity contribution in [3.63, 3.8) is 0 Å². The Labute approximate surface area is 258 Å². The Morgan fingerprint density at radius 2 is 1.42 bits per heavy atom. The van der Waals surface area contributed by atoms with E-state index in [9.17, 15) is 34.2 Å². The van der Waals surface area contributed by atoms with Crippen LogP contribution in [-0.4, -0.2) is 81.5 Å². The highest BCUT2D eigenvalue weighted by atomic mass is 16.4. The van der Waals surface area contributed by atoms with Crippen molar-refractivity contribution in [3.05, 3.63) is 71.9 Å². The largest absolute Gasteiger partial charge is 0.481 e. The standard InChI is InChI=1S/C30H38N8O7/c31-20(14-18-16-35-21-10-5-4-9-19(18)21)26(41)36-22(11-6-12-34-30(32)33)27(42)37-23(15-25(39)40)28(43)38-24(29(44)45)13-17-7-2-1-3-8-17/h1-5,7-10,16,20,22-24,35H,6,11-15,31H2,(H,36,41)(H,37,42)(H,38,43)(H,39,40)(H,44,45)(H4,32,33,34). The van der Waals surface area contributed by atoms with Crippen molar-refractivity contribution >= 4 is 46.5 Å². The molecule has 0 fully saturated rings. The maximum absolute atomic E-state index is 13.4. The molecule has 1 heterocycles. The van der Waals surface area contributed by atoms with Crippen molar-refractivity contribution in [3.8, 4) is 0 Å². The van der Waals surface area contributed by atoms with Gasteiger partial charge in [0, 0.05) is 30.1 Å². The van der Waals surface area contributed by atoms with Crippen molar-refractivity contribution < 1.29 is 34.2 Å². The molecule has 0 aliphatic carbocycles. The summed E-state index contributed by atoms with van der Waals surface area (Å²) in [5.41, 5.74) is 19.2. The molecule has 2 aromatic carbocycles. The molecule has 0 radical (unpaired) electrons. The maximum atomic E-state index is 13.4. The SMILES string of the molecule is NC(N)=NCCCC(NC(=O)C(N)Cc1c[nH]c2ccccc12)C(=O)NC(CC(=O)O)C(=O)NC(Cc1ccccc1)C(=O)O. The molecule has 0 spiro atoms. The van der Waals surface area contributed by atoms with Crippen LogP contribution >= 0.6 is 0 Å². The lowest BCUT2D eigenvalue weighted by molar-refractivity contribution is -0.143. The molecular formula is C30H38N8O7. The fourth-order valence-electron chi connectivity index (χ4n) is 4.66. The summed E-state index contributed by atoms with van der Waals surface area (Å²) in [4.78, 5) is 70.0. The maximum Gasteiger partial charge on any atom is 0.326 e. The second kappa shape index (κ2) is 16.4. The minimum Gasteiger partial charge on any atom is -0.481 e. The minimum atomic E-state index is -1.65. The molecular weight excluding hydrogens is 584 g/mol. The molecule has 45 heavy (non-hydrogen) atoms. The molecule has 3 rings (SSSR count). The second-order valence-electron chi connectivity index (χ2n) is 10.4. The van der Waals surface area contributed by atoms with Crippen molar-refractivity contribution in [2.24, 2.45) is 22.2 Å². The van der Waals surface area contributed by atoms with Gasteiger partial charge in [-0.15, -0.1) is 0 Å². The number of aromatic nitrogens is 1. The molecule has 1 aromatic heterocycles. The van der Waals surface area contributed by atoms with Crippen molar-refractivity contribution in [2.45, 2.75) is 56.3 Å². The second-order valence-corrected chi connectivity index (χ2v) is 10.4. The highest BCUT2D eigenvalue weighted by Gasteiger charge is 2.31. The number of guanidine groups is 1. The first-order valence-electron chi connectivity index (χ1n) is 14.2. The zero-order chi connectivity index (χ0) is 32.9. The van der Waals surface area contributed by atoms with E-state index in [1.165, 1.54) is 0 Å². The van der Waals surface area contributed by atoms with Crippen molar-refractivity contribution in [1.29, 1.82) is 0 Å². The smallest absolute Gasteiger partial charge is 0.326 e. The summed E-state index contributed by atoms with van der Waals surface area (Å²) in [6.07, 6.45) is 1.23. The molecule has 15 nitrogen and oxygen atoms in total. The number of aliphatic imine (C=N–C) groups is 1. The first-order chi connectivity index (χ1) is 21.4. The van der Waals surface area contributed by atoms with E-state index in [4.69, 9.17) is 17.2 Å². The third-order valence-electron chi connectivity index (χ3n) is 6.94. The number of hydrogen-bond donors (Lipinski definition) is 9. The number of aromatic amines is 1. The molecule has 12 N–H and O–H groups in total. The monoisotopic (exact) mass is 622 g/mol. The van der Waals surface area contributed by atoms with Gasteiger partial charge < -0.3 is 48.3 Å². The molecule has 15 heteroatoms.